The molecule has 2 aromatic rings. The largest absolute Gasteiger partial charge is 0.367 e. The van der Waals surface area contributed by atoms with Crippen molar-refractivity contribution < 1.29 is 4.74 Å². The van der Waals surface area contributed by atoms with Crippen molar-refractivity contribution in [1.29, 1.82) is 0 Å². The molecule has 0 radical (unpaired) electrons. The number of hydrogen-bond acceptors (Lipinski definition) is 3. The van der Waals surface area contributed by atoms with Gasteiger partial charge in [0, 0.05) is 0 Å². The van der Waals surface area contributed by atoms with Gasteiger partial charge in [0.05, 0.1) is 28.3 Å². The number of fused-ring (bicyclic) bond motifs is 1. The molecule has 2 N–H and O–H groups in total. The summed E-state index contributed by atoms with van der Waals surface area (Å²) in [4.78, 5) is 7.88. The lowest BCUT2D eigenvalue weighted by Gasteiger charge is -2.27. The Labute approximate surface area is 113 Å². The Morgan fingerprint density at radius 3 is 2.63 bits per heavy atom. The summed E-state index contributed by atoms with van der Waals surface area (Å²) < 4.78 is 6.09. The van der Waals surface area contributed by atoms with E-state index in [0.29, 0.717) is 0 Å². The van der Waals surface area contributed by atoms with Crippen molar-refractivity contribution in [3.05, 3.63) is 24.3 Å². The number of aromatic amines is 1. The van der Waals surface area contributed by atoms with Crippen LogP contribution >= 0.6 is 0 Å². The van der Waals surface area contributed by atoms with Crippen LogP contribution in [0.5, 0.6) is 0 Å². The van der Waals surface area contributed by atoms with E-state index < -0.39 is 0 Å². The summed E-state index contributed by atoms with van der Waals surface area (Å²) in [7, 11) is 0. The maximum absolute atomic E-state index is 6.09. The molecule has 1 aliphatic rings. The van der Waals surface area contributed by atoms with Crippen LogP contribution in [0.1, 0.15) is 34.1 Å². The number of hydrogen-bond donors (Lipinski definition) is 2. The molecule has 1 aliphatic heterocycles. The van der Waals surface area contributed by atoms with E-state index in [2.05, 4.69) is 43.0 Å². The third kappa shape index (κ3) is 2.32. The fourth-order valence-electron chi connectivity index (χ4n) is 2.97. The number of ether oxygens (including phenoxy) is 1. The molecule has 1 unspecified atom stereocenters. The predicted octanol–water partition coefficient (Wildman–Crippen LogP) is 3.32. The molecule has 0 aliphatic carbocycles. The molecular formula is C15H21N3O. The second kappa shape index (κ2) is 3.97. The van der Waals surface area contributed by atoms with Gasteiger partial charge in [0.1, 0.15) is 0 Å². The van der Waals surface area contributed by atoms with Crippen molar-refractivity contribution in [3.8, 4) is 0 Å². The first-order valence-corrected chi connectivity index (χ1v) is 6.77. The van der Waals surface area contributed by atoms with E-state index in [4.69, 9.17) is 4.74 Å². The summed E-state index contributed by atoms with van der Waals surface area (Å²) in [5, 5.41) is 3.48. The quantitative estimate of drug-likeness (QED) is 0.869. The molecule has 2 heterocycles. The van der Waals surface area contributed by atoms with Crippen LogP contribution in [-0.2, 0) is 4.74 Å². The molecule has 0 spiro atoms. The smallest absolute Gasteiger partial charge is 0.201 e. The van der Waals surface area contributed by atoms with Crippen LogP contribution in [0.3, 0.4) is 0 Å². The molecule has 4 nitrogen and oxygen atoms in total. The molecule has 0 amide bonds. The molecule has 0 bridgehead atoms. The van der Waals surface area contributed by atoms with E-state index in [1.165, 1.54) is 0 Å². The average Bonchev–Trinajstić information content (AvgIpc) is 2.76. The van der Waals surface area contributed by atoms with E-state index in [1.807, 2.05) is 24.3 Å². The second-order valence-electron chi connectivity index (χ2n) is 6.47. The standard InChI is InChI=1S/C15H21N3O/c1-14(2)9-12(15(3,4)19-14)18-13-16-10-7-5-6-8-11(10)17-13/h5-8,12H,9H2,1-4H3,(H2,16,17,18). The van der Waals surface area contributed by atoms with Crippen molar-refractivity contribution in [2.75, 3.05) is 5.32 Å². The Morgan fingerprint density at radius 2 is 2.00 bits per heavy atom. The van der Waals surface area contributed by atoms with Gasteiger partial charge in [0.25, 0.3) is 0 Å². The number of nitrogens with zero attached hydrogens (tertiary/aromatic N) is 1. The van der Waals surface area contributed by atoms with E-state index >= 15 is 0 Å². The summed E-state index contributed by atoms with van der Waals surface area (Å²) in [5.74, 6) is 0.820. The molecule has 1 fully saturated rings. The molecule has 0 saturated carbocycles. The highest BCUT2D eigenvalue weighted by molar-refractivity contribution is 5.77. The lowest BCUT2D eigenvalue weighted by Crippen LogP contribution is -2.38. The van der Waals surface area contributed by atoms with Crippen molar-refractivity contribution >= 4 is 17.0 Å². The summed E-state index contributed by atoms with van der Waals surface area (Å²) in [6.07, 6.45) is 0.969. The van der Waals surface area contributed by atoms with Gasteiger partial charge in [0.15, 0.2) is 0 Å². The Hall–Kier alpha value is -1.55. The molecule has 1 aromatic heterocycles. The normalized spacial score (nSPS) is 24.7. The number of H-pyrrole nitrogens is 1. The van der Waals surface area contributed by atoms with Crippen LogP contribution in [0.15, 0.2) is 24.3 Å². The average molecular weight is 259 g/mol. The van der Waals surface area contributed by atoms with Crippen molar-refractivity contribution in [2.45, 2.75) is 51.4 Å². The first-order valence-electron chi connectivity index (χ1n) is 6.77. The minimum absolute atomic E-state index is 0.0901. The SMILES string of the molecule is CC1(C)CC(Nc2nc3ccccc3[nH]2)C(C)(C)O1. The van der Waals surface area contributed by atoms with E-state index in [-0.39, 0.29) is 17.2 Å². The molecule has 102 valence electrons. The monoisotopic (exact) mass is 259 g/mol. The van der Waals surface area contributed by atoms with Crippen LogP contribution in [0.4, 0.5) is 5.95 Å². The number of anilines is 1. The molecular weight excluding hydrogens is 238 g/mol. The van der Waals surface area contributed by atoms with E-state index in [0.717, 1.165) is 23.4 Å². The number of aromatic nitrogens is 2. The van der Waals surface area contributed by atoms with E-state index in [1.54, 1.807) is 0 Å². The van der Waals surface area contributed by atoms with E-state index in [9.17, 15) is 0 Å². The summed E-state index contributed by atoms with van der Waals surface area (Å²) in [6.45, 7) is 8.52. The number of para-hydroxylation sites is 2. The van der Waals surface area contributed by atoms with Gasteiger partial charge in [-0.1, -0.05) is 12.1 Å². The van der Waals surface area contributed by atoms with Crippen LogP contribution < -0.4 is 5.32 Å². The third-order valence-electron chi connectivity index (χ3n) is 3.77. The lowest BCUT2D eigenvalue weighted by atomic mass is 9.95. The first-order chi connectivity index (χ1) is 8.86. The summed E-state index contributed by atoms with van der Waals surface area (Å²) in [6, 6.07) is 8.31. The Bertz CT molecular complexity index is 567. The maximum atomic E-state index is 6.09. The Kier molecular flexibility index (Phi) is 2.61. The van der Waals surface area contributed by atoms with Gasteiger partial charge >= 0.3 is 0 Å². The van der Waals surface area contributed by atoms with Crippen LogP contribution in [0, 0.1) is 0 Å². The summed E-state index contributed by atoms with van der Waals surface area (Å²) in [5.41, 5.74) is 1.76. The van der Waals surface area contributed by atoms with Crippen LogP contribution in [0.25, 0.3) is 11.0 Å². The third-order valence-corrected chi connectivity index (χ3v) is 3.77. The topological polar surface area (TPSA) is 49.9 Å². The second-order valence-corrected chi connectivity index (χ2v) is 6.47. The molecule has 19 heavy (non-hydrogen) atoms. The fourth-order valence-corrected chi connectivity index (χ4v) is 2.97. The van der Waals surface area contributed by atoms with Crippen LogP contribution in [0.2, 0.25) is 0 Å². The lowest BCUT2D eigenvalue weighted by molar-refractivity contribution is -0.0663. The van der Waals surface area contributed by atoms with Gasteiger partial charge in [-0.15, -0.1) is 0 Å². The van der Waals surface area contributed by atoms with Gasteiger partial charge in [-0.05, 0) is 46.2 Å². The number of rotatable bonds is 2. The van der Waals surface area contributed by atoms with Gasteiger partial charge in [-0.2, -0.15) is 0 Å². The minimum Gasteiger partial charge on any atom is -0.367 e. The summed E-state index contributed by atoms with van der Waals surface area (Å²) >= 11 is 0. The molecule has 1 atom stereocenters. The number of benzene rings is 1. The molecule has 1 aromatic carbocycles. The Morgan fingerprint density at radius 1 is 1.26 bits per heavy atom. The van der Waals surface area contributed by atoms with Gasteiger partial charge in [-0.3, -0.25) is 0 Å². The van der Waals surface area contributed by atoms with Gasteiger partial charge in [0.2, 0.25) is 5.95 Å². The van der Waals surface area contributed by atoms with Gasteiger partial charge < -0.3 is 15.0 Å². The first kappa shape index (κ1) is 12.5. The number of nitrogens with one attached hydrogen (secondary N) is 2. The maximum Gasteiger partial charge on any atom is 0.201 e. The zero-order valence-electron chi connectivity index (χ0n) is 11.9. The fraction of sp³-hybridized carbons (Fsp3) is 0.533. The molecule has 1 saturated heterocycles. The van der Waals surface area contributed by atoms with Gasteiger partial charge in [-0.25, -0.2) is 4.98 Å². The zero-order chi connectivity index (χ0) is 13.7. The highest BCUT2D eigenvalue weighted by atomic mass is 16.5. The molecule has 3 rings (SSSR count). The van der Waals surface area contributed by atoms with Crippen molar-refractivity contribution in [3.63, 3.8) is 0 Å². The van der Waals surface area contributed by atoms with Crippen molar-refractivity contribution in [1.82, 2.24) is 9.97 Å². The van der Waals surface area contributed by atoms with Crippen LogP contribution in [-0.4, -0.2) is 27.2 Å². The number of imidazole rings is 1. The zero-order valence-corrected chi connectivity index (χ0v) is 11.9. The molecule has 4 heteroatoms. The predicted molar refractivity (Wildman–Crippen MR) is 77.4 cm³/mol. The highest BCUT2D eigenvalue weighted by Crippen LogP contribution is 2.38. The van der Waals surface area contributed by atoms with Crippen molar-refractivity contribution in [2.24, 2.45) is 0 Å². The highest BCUT2D eigenvalue weighted by Gasteiger charge is 2.46. The minimum atomic E-state index is -0.192. The Balaban J connectivity index is 1.85.